The monoisotopic (exact) mass is 428 g/mol. The fourth-order valence-corrected chi connectivity index (χ4v) is 3.29. The van der Waals surface area contributed by atoms with Crippen molar-refractivity contribution in [1.82, 2.24) is 25.2 Å². The molecule has 0 unspecified atom stereocenters. The number of pyridine rings is 1. The molecular weight excluding hydrogens is 400 g/mol. The third-order valence-corrected chi connectivity index (χ3v) is 4.97. The van der Waals surface area contributed by atoms with Crippen LogP contribution < -0.4 is 10.6 Å². The zero-order chi connectivity index (χ0) is 22.0. The van der Waals surface area contributed by atoms with Crippen LogP contribution in [0.4, 0.5) is 0 Å². The lowest BCUT2D eigenvalue weighted by Gasteiger charge is -2.11. The predicted octanol–water partition coefficient (Wildman–Crippen LogP) is 3.70. The van der Waals surface area contributed by atoms with Gasteiger partial charge in [-0.2, -0.15) is 0 Å². The Morgan fingerprint density at radius 2 is 1.56 bits per heavy atom. The van der Waals surface area contributed by atoms with Gasteiger partial charge in [0.25, 0.3) is 0 Å². The van der Waals surface area contributed by atoms with Gasteiger partial charge in [-0.15, -0.1) is 10.2 Å². The molecule has 32 heavy (non-hydrogen) atoms. The maximum atomic E-state index is 5.81. The molecule has 4 aromatic rings. The van der Waals surface area contributed by atoms with Crippen LogP contribution in [0.25, 0.3) is 5.65 Å². The number of aromatic nitrogens is 3. The van der Waals surface area contributed by atoms with E-state index < -0.39 is 0 Å². The number of guanidine groups is 1. The van der Waals surface area contributed by atoms with Crippen LogP contribution in [0.3, 0.4) is 0 Å². The van der Waals surface area contributed by atoms with E-state index in [-0.39, 0.29) is 0 Å². The molecule has 0 radical (unpaired) electrons. The van der Waals surface area contributed by atoms with Crippen LogP contribution in [-0.4, -0.2) is 27.1 Å². The van der Waals surface area contributed by atoms with Gasteiger partial charge in [-0.05, 0) is 35.7 Å². The molecule has 2 N–H and O–H groups in total. The minimum Gasteiger partial charge on any atom is -0.372 e. The van der Waals surface area contributed by atoms with Crippen LogP contribution in [0.5, 0.6) is 0 Å². The van der Waals surface area contributed by atoms with Crippen molar-refractivity contribution < 1.29 is 4.74 Å². The molecule has 2 aromatic heterocycles. The average Bonchev–Trinajstić information content (AvgIpc) is 3.25. The van der Waals surface area contributed by atoms with Crippen molar-refractivity contribution in [2.75, 3.05) is 6.54 Å². The number of hydrogen-bond donors (Lipinski definition) is 2. The molecule has 0 spiro atoms. The third kappa shape index (κ3) is 5.92. The van der Waals surface area contributed by atoms with Crippen molar-refractivity contribution in [2.24, 2.45) is 4.99 Å². The van der Waals surface area contributed by atoms with E-state index >= 15 is 0 Å². The highest BCUT2D eigenvalue weighted by molar-refractivity contribution is 5.79. The molecule has 7 nitrogen and oxygen atoms in total. The maximum absolute atomic E-state index is 5.81. The number of ether oxygens (including phenoxy) is 1. The first kappa shape index (κ1) is 21.5. The topological polar surface area (TPSA) is 75.8 Å². The predicted molar refractivity (Wildman–Crippen MR) is 126 cm³/mol. The number of nitrogens with zero attached hydrogens (tertiary/aromatic N) is 4. The Morgan fingerprint density at radius 3 is 2.34 bits per heavy atom. The van der Waals surface area contributed by atoms with E-state index in [1.165, 1.54) is 5.56 Å². The molecule has 2 heterocycles. The van der Waals surface area contributed by atoms with Gasteiger partial charge in [0.15, 0.2) is 17.4 Å². The van der Waals surface area contributed by atoms with Gasteiger partial charge in [-0.3, -0.25) is 4.40 Å². The van der Waals surface area contributed by atoms with Crippen molar-refractivity contribution in [3.05, 3.63) is 102 Å². The van der Waals surface area contributed by atoms with Crippen LogP contribution in [0, 0.1) is 0 Å². The molecular formula is C25H28N6O. The smallest absolute Gasteiger partial charge is 0.191 e. The Morgan fingerprint density at radius 1 is 0.844 bits per heavy atom. The lowest BCUT2D eigenvalue weighted by atomic mass is 10.1. The Hall–Kier alpha value is -3.71. The zero-order valence-corrected chi connectivity index (χ0v) is 18.2. The minimum absolute atomic E-state index is 0.536. The van der Waals surface area contributed by atoms with E-state index in [0.717, 1.165) is 35.1 Å². The summed E-state index contributed by atoms with van der Waals surface area (Å²) in [6.07, 6.45) is 1.96. The second-order valence-corrected chi connectivity index (χ2v) is 7.39. The van der Waals surface area contributed by atoms with Gasteiger partial charge in [-0.25, -0.2) is 4.99 Å². The van der Waals surface area contributed by atoms with Crippen molar-refractivity contribution in [1.29, 1.82) is 0 Å². The van der Waals surface area contributed by atoms with Gasteiger partial charge in [-0.1, -0.05) is 60.7 Å². The van der Waals surface area contributed by atoms with Crippen molar-refractivity contribution >= 4 is 11.6 Å². The molecule has 4 rings (SSSR count). The van der Waals surface area contributed by atoms with Crippen LogP contribution in [0.15, 0.2) is 84.0 Å². The first-order valence-electron chi connectivity index (χ1n) is 10.8. The molecule has 164 valence electrons. The first-order valence-corrected chi connectivity index (χ1v) is 10.8. The van der Waals surface area contributed by atoms with Crippen molar-refractivity contribution in [2.45, 2.75) is 33.2 Å². The molecule has 0 atom stereocenters. The summed E-state index contributed by atoms with van der Waals surface area (Å²) < 4.78 is 7.78. The first-order chi connectivity index (χ1) is 15.8. The van der Waals surface area contributed by atoms with Crippen LogP contribution >= 0.6 is 0 Å². The summed E-state index contributed by atoms with van der Waals surface area (Å²) >= 11 is 0. The van der Waals surface area contributed by atoms with E-state index in [4.69, 9.17) is 9.73 Å². The van der Waals surface area contributed by atoms with E-state index in [2.05, 4.69) is 57.2 Å². The van der Waals surface area contributed by atoms with Gasteiger partial charge >= 0.3 is 0 Å². The Bertz CT molecular complexity index is 1140. The molecule has 7 heteroatoms. The molecule has 0 aliphatic heterocycles. The number of benzene rings is 2. The Balaban J connectivity index is 1.29. The number of nitrogens with one attached hydrogen (secondary N) is 2. The number of fused-ring (bicyclic) bond motifs is 1. The summed E-state index contributed by atoms with van der Waals surface area (Å²) in [6.45, 7) is 5.16. The zero-order valence-electron chi connectivity index (χ0n) is 18.2. The van der Waals surface area contributed by atoms with E-state index in [1.807, 2.05) is 53.9 Å². The van der Waals surface area contributed by atoms with Crippen LogP contribution in [-0.2, 0) is 31.0 Å². The summed E-state index contributed by atoms with van der Waals surface area (Å²) in [5.74, 6) is 1.58. The highest BCUT2D eigenvalue weighted by Gasteiger charge is 2.05. The highest BCUT2D eigenvalue weighted by atomic mass is 16.5. The normalized spacial score (nSPS) is 11.6. The lowest BCUT2D eigenvalue weighted by molar-refractivity contribution is 0.107. The number of hydrogen-bond acceptors (Lipinski definition) is 4. The van der Waals surface area contributed by atoms with Gasteiger partial charge in [0.1, 0.15) is 0 Å². The molecule has 0 saturated carbocycles. The lowest BCUT2D eigenvalue weighted by Crippen LogP contribution is -2.37. The van der Waals surface area contributed by atoms with Gasteiger partial charge in [0.05, 0.1) is 26.3 Å². The molecule has 0 fully saturated rings. The quantitative estimate of drug-likeness (QED) is 0.314. The van der Waals surface area contributed by atoms with Gasteiger partial charge in [0, 0.05) is 12.7 Å². The summed E-state index contributed by atoms with van der Waals surface area (Å²) in [4.78, 5) is 4.70. The summed E-state index contributed by atoms with van der Waals surface area (Å²) in [6, 6.07) is 24.5. The Labute approximate surface area is 188 Å². The van der Waals surface area contributed by atoms with Crippen LogP contribution in [0.2, 0.25) is 0 Å². The molecule has 0 saturated heterocycles. The molecule has 0 aliphatic carbocycles. The third-order valence-electron chi connectivity index (χ3n) is 4.97. The van der Waals surface area contributed by atoms with Crippen molar-refractivity contribution in [3.63, 3.8) is 0 Å². The van der Waals surface area contributed by atoms with E-state index in [1.54, 1.807) is 0 Å². The van der Waals surface area contributed by atoms with Gasteiger partial charge in [0.2, 0.25) is 0 Å². The second-order valence-electron chi connectivity index (χ2n) is 7.39. The van der Waals surface area contributed by atoms with Gasteiger partial charge < -0.3 is 15.4 Å². The Kier molecular flexibility index (Phi) is 7.44. The molecule has 0 amide bonds. The largest absolute Gasteiger partial charge is 0.372 e. The minimum atomic E-state index is 0.536. The highest BCUT2D eigenvalue weighted by Crippen LogP contribution is 2.09. The van der Waals surface area contributed by atoms with Crippen LogP contribution in [0.1, 0.15) is 29.4 Å². The molecule has 2 aromatic carbocycles. The SMILES string of the molecule is CCNC(=NCc1ccc(COCc2ccccc2)cc1)NCc1nnc2ccccn12. The van der Waals surface area contributed by atoms with E-state index in [9.17, 15) is 0 Å². The standard InChI is InChI=1S/C25H28N6O/c1-2-26-25(28-17-24-30-29-23-10-6-7-15-31(23)24)27-16-20-11-13-22(14-12-20)19-32-18-21-8-4-3-5-9-21/h3-15H,2,16-19H2,1H3,(H2,26,27,28). The molecule has 0 bridgehead atoms. The molecule has 0 aliphatic rings. The average molecular weight is 429 g/mol. The summed E-state index contributed by atoms with van der Waals surface area (Å²) in [7, 11) is 0. The second kappa shape index (κ2) is 11.1. The summed E-state index contributed by atoms with van der Waals surface area (Å²) in [5, 5.41) is 15.1. The van der Waals surface area contributed by atoms with Crippen molar-refractivity contribution in [3.8, 4) is 0 Å². The fourth-order valence-electron chi connectivity index (χ4n) is 3.29. The van der Waals surface area contributed by atoms with E-state index in [0.29, 0.717) is 26.3 Å². The summed E-state index contributed by atoms with van der Waals surface area (Å²) in [5.41, 5.74) is 4.31. The number of rotatable bonds is 9. The maximum Gasteiger partial charge on any atom is 0.191 e. The fraction of sp³-hybridized carbons (Fsp3) is 0.240. The number of aliphatic imine (C=N–C) groups is 1.